The van der Waals surface area contributed by atoms with E-state index in [4.69, 9.17) is 4.74 Å². The number of nitrogens with one attached hydrogen (secondary N) is 9. The number of allylic oxidation sites excluding steroid dienone is 2. The number of esters is 1. The van der Waals surface area contributed by atoms with Crippen LogP contribution in [-0.2, 0) is 73.9 Å². The largest absolute Gasteiger partial charge is 0.465 e. The summed E-state index contributed by atoms with van der Waals surface area (Å²) in [6.07, 6.45) is 15.8. The third kappa shape index (κ3) is 12.2. The second kappa shape index (κ2) is 24.3. The van der Waals surface area contributed by atoms with Crippen LogP contribution in [-0.4, -0.2) is 147 Å². The van der Waals surface area contributed by atoms with Crippen LogP contribution in [0.2, 0.25) is 0 Å². The number of likely N-dealkylation sites (tertiary alicyclic amines) is 1. The topological polar surface area (TPSA) is 398 Å². The number of piperidine rings is 1. The summed E-state index contributed by atoms with van der Waals surface area (Å²) in [6, 6.07) is 4.58. The minimum absolute atomic E-state index is 0.0121. The Labute approximate surface area is 527 Å². The van der Waals surface area contributed by atoms with Gasteiger partial charge >= 0.3 is 5.97 Å². The number of amides is 9. The van der Waals surface area contributed by atoms with Gasteiger partial charge in [-0.15, -0.1) is 0 Å². The van der Waals surface area contributed by atoms with E-state index in [1.807, 2.05) is 0 Å². The van der Waals surface area contributed by atoms with Gasteiger partial charge in [-0.1, -0.05) is 0 Å². The molecule has 0 radical (unpaired) electrons. The number of hydrogen-bond acceptors (Lipinski definition) is 16. The predicted octanol–water partition coefficient (Wildman–Crippen LogP) is 3.32. The van der Waals surface area contributed by atoms with Gasteiger partial charge in [0.15, 0.2) is 23.3 Å². The molecule has 3 aliphatic rings. The number of methoxy groups -OCH3 is 1. The number of aromatic nitrogens is 12. The van der Waals surface area contributed by atoms with Crippen molar-refractivity contribution >= 4 is 111 Å². The van der Waals surface area contributed by atoms with E-state index in [1.54, 1.807) is 90.3 Å². The predicted molar refractivity (Wildman–Crippen MR) is 333 cm³/mol. The van der Waals surface area contributed by atoms with Crippen LogP contribution in [0.3, 0.4) is 0 Å². The van der Waals surface area contributed by atoms with Crippen molar-refractivity contribution in [1.29, 1.82) is 0 Å². The van der Waals surface area contributed by atoms with Crippen LogP contribution in [0, 0.1) is 12.8 Å². The molecule has 93 heavy (non-hydrogen) atoms. The second-order valence-electron chi connectivity index (χ2n) is 22.7. The monoisotopic (exact) mass is 1270 g/mol. The Balaban J connectivity index is 0.612. The maximum atomic E-state index is 13.7. The number of ether oxygens (including phenoxy) is 1. The fourth-order valence-electron chi connectivity index (χ4n) is 11.7. The van der Waals surface area contributed by atoms with E-state index in [0.717, 1.165) is 0 Å². The number of rotatable bonds is 20. The number of carbonyl (C=O) groups excluding carboxylic acids is 11. The van der Waals surface area contributed by atoms with Crippen LogP contribution in [0.5, 0.6) is 0 Å². The fraction of sp³-hybridized carbons (Fsp3) is 0.283. The number of carbonyl (C=O) groups is 11. The van der Waals surface area contributed by atoms with Crippen LogP contribution in [0.15, 0.2) is 79.4 Å². The highest BCUT2D eigenvalue weighted by Crippen LogP contribution is 2.67. The van der Waals surface area contributed by atoms with E-state index >= 15 is 0 Å². The highest BCUT2D eigenvalue weighted by atomic mass is 16.5. The summed E-state index contributed by atoms with van der Waals surface area (Å²) < 4.78 is 15.4. The van der Waals surface area contributed by atoms with Crippen molar-refractivity contribution in [2.24, 2.45) is 55.3 Å². The van der Waals surface area contributed by atoms with Gasteiger partial charge in [0.25, 0.3) is 41.4 Å². The van der Waals surface area contributed by atoms with Crippen molar-refractivity contribution in [3.05, 3.63) is 142 Å². The Morgan fingerprint density at radius 1 is 0.602 bits per heavy atom. The van der Waals surface area contributed by atoms with E-state index in [0.29, 0.717) is 58.2 Å². The quantitative estimate of drug-likeness (QED) is 0.0300. The SMILES string of the molecule is COC(=O)c1c(C)[nH]c2c1[C@@]13C[C@@H]1CN(C(=O)/C=C/c1cc(NC(=O)c4nc(NC(=O)c5nc(NC(=O)CCCNC(=O)c6cc(NC(=O)c7cc(NC(=O)c8nc(NC(=O)c9nc(NC(C)=O)cn9C)cn8C)cn7C)cn6C)cn5C)cn4C)cn1C)C3=CC2=O. The number of H-pyrrole nitrogens is 1. The van der Waals surface area contributed by atoms with Crippen molar-refractivity contribution in [2.75, 3.05) is 57.4 Å². The molecule has 8 aromatic rings. The third-order valence-corrected chi connectivity index (χ3v) is 16.0. The Morgan fingerprint density at radius 2 is 1.08 bits per heavy atom. The van der Waals surface area contributed by atoms with Gasteiger partial charge in [0.05, 0.1) is 35.4 Å². The Hall–Kier alpha value is -12.2. The van der Waals surface area contributed by atoms with Crippen molar-refractivity contribution in [3.8, 4) is 0 Å². The number of hydrogen-bond donors (Lipinski definition) is 9. The molecular weight excluding hydrogens is 1210 g/mol. The molecule has 0 unspecified atom stereocenters. The zero-order valence-electron chi connectivity index (χ0n) is 51.9. The van der Waals surface area contributed by atoms with E-state index in [-0.39, 0.29) is 107 Å². The van der Waals surface area contributed by atoms with E-state index in [2.05, 4.69) is 67.5 Å². The highest BCUT2D eigenvalue weighted by Gasteiger charge is 2.69. The average molecular weight is 1270 g/mol. The molecule has 9 heterocycles. The smallest absolute Gasteiger partial charge is 0.340 e. The lowest BCUT2D eigenvalue weighted by Crippen LogP contribution is -2.33. The zero-order valence-corrected chi connectivity index (χ0v) is 51.9. The standard InChI is InChI=1S/C60H63N21O12/c1-29-46(59(92)93-10)47-48(62-29)38(83)19-39-60(47)20-31(60)21-81(39)45(85)14-13-35-16-32(22-74(35)3)65-55(88)49-70-42(27-79(49)8)73-58(91)52-69-41(26-78(52)7)67-44(84)12-11-15-61-53(86)36-17-33(23-75(36)4)64-54(87)37-18-34(24-76(37)5)66-56(89)50-71-43(28-80(50)9)72-57(90)51-68-40(25-77(51)6)63-30(2)82/h13-14,16-19,22-28,31,62H,11-12,15,20-21H2,1-10H3,(H,61,86)(H,63,82)(H,64,87)(H,65,88)(H,66,89)(H,67,84)(H,72,90)(H,73,91)/b14-13+/t31-,60+/m1/s1. The van der Waals surface area contributed by atoms with Gasteiger partial charge < -0.3 is 89.1 Å². The molecule has 480 valence electrons. The summed E-state index contributed by atoms with van der Waals surface area (Å²) in [5.41, 5.74) is 3.61. The summed E-state index contributed by atoms with van der Waals surface area (Å²) in [5, 5.41) is 21.4. The highest BCUT2D eigenvalue weighted by molar-refractivity contribution is 6.12. The summed E-state index contributed by atoms with van der Waals surface area (Å²) >= 11 is 0. The summed E-state index contributed by atoms with van der Waals surface area (Å²) in [5.74, 6) is -5.41. The van der Waals surface area contributed by atoms with Crippen LogP contribution in [0.25, 0.3) is 6.08 Å². The van der Waals surface area contributed by atoms with Crippen molar-refractivity contribution in [3.63, 3.8) is 0 Å². The first-order chi connectivity index (χ1) is 44.2. The van der Waals surface area contributed by atoms with Crippen LogP contribution in [0.1, 0.15) is 127 Å². The van der Waals surface area contributed by atoms with Crippen molar-refractivity contribution in [2.45, 2.75) is 38.5 Å². The molecule has 1 saturated heterocycles. The molecule has 33 nitrogen and oxygen atoms in total. The summed E-state index contributed by atoms with van der Waals surface area (Å²) in [7, 11) is 12.5. The van der Waals surface area contributed by atoms with Gasteiger partial charge in [-0.3, -0.25) is 47.9 Å². The van der Waals surface area contributed by atoms with Gasteiger partial charge in [0.1, 0.15) is 11.4 Å². The normalized spacial score (nSPS) is 15.2. The first-order valence-corrected chi connectivity index (χ1v) is 28.8. The van der Waals surface area contributed by atoms with E-state index < -0.39 is 52.7 Å². The van der Waals surface area contributed by atoms with Gasteiger partial charge in [-0.2, -0.15) is 0 Å². The Morgan fingerprint density at radius 3 is 1.60 bits per heavy atom. The van der Waals surface area contributed by atoms with Gasteiger partial charge in [0.2, 0.25) is 40.9 Å². The van der Waals surface area contributed by atoms with Crippen LogP contribution < -0.4 is 42.5 Å². The summed E-state index contributed by atoms with van der Waals surface area (Å²) in [4.78, 5) is 166. The number of imidazole rings is 4. The molecular formula is C60H63N21O12. The molecule has 9 N–H and O–H groups in total. The lowest BCUT2D eigenvalue weighted by atomic mass is 9.82. The third-order valence-electron chi connectivity index (χ3n) is 16.0. The average Bonchev–Trinajstić information content (AvgIpc) is 1.50. The van der Waals surface area contributed by atoms with E-state index in [1.165, 1.54) is 96.7 Å². The molecule has 1 aliphatic heterocycles. The molecule has 0 bridgehead atoms. The first-order valence-electron chi connectivity index (χ1n) is 28.8. The maximum Gasteiger partial charge on any atom is 0.340 e. The van der Waals surface area contributed by atoms with Gasteiger partial charge in [-0.25, -0.2) is 24.7 Å². The number of ketones is 1. The molecule has 1 spiro atoms. The number of aryl methyl sites for hydroxylation is 8. The summed E-state index contributed by atoms with van der Waals surface area (Å²) in [6.45, 7) is 3.50. The van der Waals surface area contributed by atoms with Crippen LogP contribution in [0.4, 0.5) is 40.3 Å². The molecule has 2 fully saturated rings. The number of nitrogens with zero attached hydrogens (tertiary/aromatic N) is 12. The van der Waals surface area contributed by atoms with E-state index in [9.17, 15) is 52.7 Å². The van der Waals surface area contributed by atoms with Crippen molar-refractivity contribution < 1.29 is 57.5 Å². The molecule has 0 aromatic carbocycles. The first kappa shape index (κ1) is 62.4. The number of aromatic amines is 1. The lowest BCUT2D eigenvalue weighted by molar-refractivity contribution is -0.124. The number of anilines is 7. The Bertz CT molecular complexity index is 4580. The Kier molecular flexibility index (Phi) is 16.3. The van der Waals surface area contributed by atoms with Gasteiger partial charge in [0, 0.05) is 159 Å². The maximum absolute atomic E-state index is 13.7. The minimum Gasteiger partial charge on any atom is -0.465 e. The molecule has 33 heteroatoms. The van der Waals surface area contributed by atoms with Crippen LogP contribution >= 0.6 is 0 Å². The molecule has 1 saturated carbocycles. The van der Waals surface area contributed by atoms with Crippen molar-refractivity contribution in [1.82, 2.24) is 67.1 Å². The molecule has 2 atom stereocenters. The molecule has 8 aromatic heterocycles. The lowest BCUT2D eigenvalue weighted by Gasteiger charge is -2.27. The molecule has 11 rings (SSSR count). The molecule has 2 aliphatic carbocycles. The number of fused-ring (bicyclic) bond motifs is 1. The minimum atomic E-state index is -0.686. The van der Waals surface area contributed by atoms with Gasteiger partial charge in [-0.05, 0) is 50.0 Å². The molecule has 9 amide bonds. The fourth-order valence-corrected chi connectivity index (χ4v) is 11.7. The second-order valence-corrected chi connectivity index (χ2v) is 22.7. The zero-order chi connectivity index (χ0) is 66.6.